The van der Waals surface area contributed by atoms with Crippen LogP contribution in [0.15, 0.2) is 29.3 Å². The molecule has 1 aromatic carbocycles. The molecule has 0 aliphatic carbocycles. The zero-order valence-electron chi connectivity index (χ0n) is 13.8. The van der Waals surface area contributed by atoms with Crippen molar-refractivity contribution < 1.29 is 9.47 Å². The molecule has 0 heterocycles. The van der Waals surface area contributed by atoms with Crippen molar-refractivity contribution in [2.45, 2.75) is 19.9 Å². The molecule has 132 valence electrons. The quantitative estimate of drug-likeness (QED) is 0.246. The second-order valence-corrected chi connectivity index (χ2v) is 5.15. The monoisotopic (exact) mass is 455 g/mol. The summed E-state index contributed by atoms with van der Waals surface area (Å²) in [6.07, 6.45) is 0.922. The van der Waals surface area contributed by atoms with Gasteiger partial charge in [-0.25, -0.2) is 4.99 Å². The molecule has 0 bridgehead atoms. The molecule has 0 spiro atoms. The standard InChI is InChI=1S/C16H26ClN3O2.HI/c1-3-18-16(19-8-5-9-22-11-10-21-2)20-13-14-6-4-7-15(17)12-14;/h4,6-7,12H,3,5,8-11,13H2,1-2H3,(H2,18,19,20);1H. The highest BCUT2D eigenvalue weighted by Gasteiger charge is 1.98. The smallest absolute Gasteiger partial charge is 0.191 e. The van der Waals surface area contributed by atoms with Crippen LogP contribution in [-0.4, -0.2) is 46.0 Å². The third-order valence-corrected chi connectivity index (χ3v) is 3.08. The van der Waals surface area contributed by atoms with Crippen LogP contribution in [0.2, 0.25) is 5.02 Å². The number of hydrogen-bond donors (Lipinski definition) is 2. The van der Waals surface area contributed by atoms with Gasteiger partial charge in [0.15, 0.2) is 5.96 Å². The van der Waals surface area contributed by atoms with Gasteiger partial charge in [-0.2, -0.15) is 0 Å². The van der Waals surface area contributed by atoms with Crippen molar-refractivity contribution in [3.8, 4) is 0 Å². The van der Waals surface area contributed by atoms with Gasteiger partial charge in [0.05, 0.1) is 19.8 Å². The van der Waals surface area contributed by atoms with Gasteiger partial charge in [-0.3, -0.25) is 0 Å². The zero-order chi connectivity index (χ0) is 16.0. The predicted molar refractivity (Wildman–Crippen MR) is 107 cm³/mol. The van der Waals surface area contributed by atoms with Gasteiger partial charge < -0.3 is 20.1 Å². The summed E-state index contributed by atoms with van der Waals surface area (Å²) in [6.45, 7) is 6.27. The molecule has 1 aromatic rings. The molecule has 0 radical (unpaired) electrons. The van der Waals surface area contributed by atoms with Crippen LogP contribution in [0.4, 0.5) is 0 Å². The summed E-state index contributed by atoms with van der Waals surface area (Å²) in [5, 5.41) is 7.25. The molecule has 1 rings (SSSR count). The van der Waals surface area contributed by atoms with E-state index in [0.29, 0.717) is 26.4 Å². The van der Waals surface area contributed by atoms with Gasteiger partial charge in [0.25, 0.3) is 0 Å². The Labute approximate surface area is 161 Å². The Morgan fingerprint density at radius 2 is 2.04 bits per heavy atom. The second-order valence-electron chi connectivity index (χ2n) is 4.71. The molecule has 0 fully saturated rings. The Balaban J connectivity index is 0.00000484. The van der Waals surface area contributed by atoms with E-state index in [0.717, 1.165) is 36.1 Å². The summed E-state index contributed by atoms with van der Waals surface area (Å²) in [5.41, 5.74) is 1.09. The van der Waals surface area contributed by atoms with Gasteiger partial charge in [0, 0.05) is 31.8 Å². The van der Waals surface area contributed by atoms with Crippen LogP contribution in [0, 0.1) is 0 Å². The lowest BCUT2D eigenvalue weighted by atomic mass is 10.2. The average Bonchev–Trinajstić information content (AvgIpc) is 2.51. The number of halogens is 2. The van der Waals surface area contributed by atoms with Crippen molar-refractivity contribution in [2.24, 2.45) is 4.99 Å². The van der Waals surface area contributed by atoms with E-state index in [-0.39, 0.29) is 24.0 Å². The topological polar surface area (TPSA) is 54.9 Å². The molecule has 0 atom stereocenters. The number of aliphatic imine (C=N–C) groups is 1. The molecule has 0 aliphatic rings. The van der Waals surface area contributed by atoms with Crippen LogP contribution in [0.1, 0.15) is 18.9 Å². The largest absolute Gasteiger partial charge is 0.382 e. The molecular weight excluding hydrogens is 429 g/mol. The number of guanidine groups is 1. The van der Waals surface area contributed by atoms with Gasteiger partial charge in [0.1, 0.15) is 0 Å². The highest BCUT2D eigenvalue weighted by atomic mass is 127. The Hall–Kier alpha value is -0.570. The number of nitrogens with zero attached hydrogens (tertiary/aromatic N) is 1. The second kappa shape index (κ2) is 15.0. The number of benzene rings is 1. The van der Waals surface area contributed by atoms with Crippen LogP contribution in [-0.2, 0) is 16.0 Å². The molecule has 0 amide bonds. The van der Waals surface area contributed by atoms with Gasteiger partial charge in [0.2, 0.25) is 0 Å². The molecule has 23 heavy (non-hydrogen) atoms. The highest BCUT2D eigenvalue weighted by molar-refractivity contribution is 14.0. The van der Waals surface area contributed by atoms with Gasteiger partial charge >= 0.3 is 0 Å². The normalized spacial score (nSPS) is 11.0. The molecule has 0 aliphatic heterocycles. The van der Waals surface area contributed by atoms with E-state index < -0.39 is 0 Å². The van der Waals surface area contributed by atoms with E-state index in [1.807, 2.05) is 31.2 Å². The molecular formula is C16H27ClIN3O2. The Morgan fingerprint density at radius 1 is 1.22 bits per heavy atom. The van der Waals surface area contributed by atoms with Crippen LogP contribution >= 0.6 is 35.6 Å². The number of rotatable bonds is 10. The molecule has 5 nitrogen and oxygen atoms in total. The van der Waals surface area contributed by atoms with Crippen molar-refractivity contribution in [1.29, 1.82) is 0 Å². The van der Waals surface area contributed by atoms with Crippen molar-refractivity contribution in [2.75, 3.05) is 40.0 Å². The van der Waals surface area contributed by atoms with Crippen molar-refractivity contribution in [3.63, 3.8) is 0 Å². The minimum Gasteiger partial charge on any atom is -0.382 e. The van der Waals surface area contributed by atoms with E-state index in [9.17, 15) is 0 Å². The van der Waals surface area contributed by atoms with Crippen molar-refractivity contribution in [3.05, 3.63) is 34.9 Å². The van der Waals surface area contributed by atoms with E-state index in [2.05, 4.69) is 15.6 Å². The SMILES string of the molecule is CCNC(=NCc1cccc(Cl)c1)NCCCOCCOC.I. The van der Waals surface area contributed by atoms with Crippen LogP contribution < -0.4 is 10.6 Å². The summed E-state index contributed by atoms with van der Waals surface area (Å²) in [5.74, 6) is 0.805. The van der Waals surface area contributed by atoms with E-state index in [1.165, 1.54) is 0 Å². The first-order valence-electron chi connectivity index (χ1n) is 7.59. The number of nitrogens with one attached hydrogen (secondary N) is 2. The molecule has 0 saturated heterocycles. The molecule has 7 heteroatoms. The van der Waals surface area contributed by atoms with Crippen LogP contribution in [0.3, 0.4) is 0 Å². The summed E-state index contributed by atoms with van der Waals surface area (Å²) < 4.78 is 10.3. The third kappa shape index (κ3) is 11.6. The molecule has 2 N–H and O–H groups in total. The first-order chi connectivity index (χ1) is 10.8. The first kappa shape index (κ1) is 22.4. The number of ether oxygens (including phenoxy) is 2. The minimum atomic E-state index is 0. The van der Waals surface area contributed by atoms with E-state index in [1.54, 1.807) is 7.11 Å². The Bertz CT molecular complexity index is 447. The Morgan fingerprint density at radius 3 is 2.74 bits per heavy atom. The van der Waals surface area contributed by atoms with E-state index in [4.69, 9.17) is 21.1 Å². The van der Waals surface area contributed by atoms with E-state index >= 15 is 0 Å². The Kier molecular flexibility index (Phi) is 14.6. The summed E-state index contributed by atoms with van der Waals surface area (Å²) >= 11 is 5.97. The predicted octanol–water partition coefficient (Wildman–Crippen LogP) is 3.07. The summed E-state index contributed by atoms with van der Waals surface area (Å²) in [6, 6.07) is 7.74. The maximum absolute atomic E-state index is 5.97. The van der Waals surface area contributed by atoms with Crippen molar-refractivity contribution >= 4 is 41.5 Å². The zero-order valence-corrected chi connectivity index (χ0v) is 16.9. The lowest BCUT2D eigenvalue weighted by Gasteiger charge is -2.11. The van der Waals surface area contributed by atoms with Gasteiger partial charge in [-0.15, -0.1) is 24.0 Å². The lowest BCUT2D eigenvalue weighted by molar-refractivity contribution is 0.0698. The fourth-order valence-electron chi connectivity index (χ4n) is 1.77. The number of methoxy groups -OCH3 is 1. The lowest BCUT2D eigenvalue weighted by Crippen LogP contribution is -2.38. The third-order valence-electron chi connectivity index (χ3n) is 2.84. The van der Waals surface area contributed by atoms with Crippen LogP contribution in [0.5, 0.6) is 0 Å². The number of hydrogen-bond acceptors (Lipinski definition) is 3. The average molecular weight is 456 g/mol. The molecule has 0 saturated carbocycles. The molecule has 0 aromatic heterocycles. The van der Waals surface area contributed by atoms with Gasteiger partial charge in [-0.05, 0) is 31.0 Å². The van der Waals surface area contributed by atoms with Crippen molar-refractivity contribution in [1.82, 2.24) is 10.6 Å². The first-order valence-corrected chi connectivity index (χ1v) is 7.97. The summed E-state index contributed by atoms with van der Waals surface area (Å²) in [7, 11) is 1.67. The fourth-order valence-corrected chi connectivity index (χ4v) is 1.99. The maximum atomic E-state index is 5.97. The maximum Gasteiger partial charge on any atom is 0.191 e. The minimum absolute atomic E-state index is 0. The highest BCUT2D eigenvalue weighted by Crippen LogP contribution is 2.11. The molecule has 0 unspecified atom stereocenters. The fraction of sp³-hybridized carbons (Fsp3) is 0.562. The van der Waals surface area contributed by atoms with Gasteiger partial charge in [-0.1, -0.05) is 23.7 Å². The summed E-state index contributed by atoms with van der Waals surface area (Å²) in [4.78, 5) is 4.55. The van der Waals surface area contributed by atoms with Crippen LogP contribution in [0.25, 0.3) is 0 Å².